The van der Waals surface area contributed by atoms with Crippen LogP contribution in [0, 0.1) is 12.8 Å². The van der Waals surface area contributed by atoms with E-state index >= 15 is 0 Å². The van der Waals surface area contributed by atoms with Crippen molar-refractivity contribution in [1.82, 2.24) is 19.3 Å². The monoisotopic (exact) mass is 538 g/mol. The van der Waals surface area contributed by atoms with Crippen LogP contribution in [0.3, 0.4) is 0 Å². The molecule has 2 aromatic rings. The number of hydrogen-bond donors (Lipinski definition) is 0. The molecule has 0 N–H and O–H groups in total. The van der Waals surface area contributed by atoms with Crippen LogP contribution in [0.5, 0.6) is 5.75 Å². The van der Waals surface area contributed by atoms with E-state index in [0.29, 0.717) is 35.9 Å². The molecule has 2 amide bonds. The summed E-state index contributed by atoms with van der Waals surface area (Å²) in [6, 6.07) is 7.46. The van der Waals surface area contributed by atoms with Crippen LogP contribution in [-0.2, 0) is 11.8 Å². The second-order valence-corrected chi connectivity index (χ2v) is 11.7. The fourth-order valence-electron chi connectivity index (χ4n) is 5.38. The van der Waals surface area contributed by atoms with Gasteiger partial charge < -0.3 is 23.8 Å². The third-order valence-electron chi connectivity index (χ3n) is 7.57. The number of ether oxygens (including phenoxy) is 2. The molecule has 2 fully saturated rings. The Morgan fingerprint density at radius 1 is 0.949 bits per heavy atom. The summed E-state index contributed by atoms with van der Waals surface area (Å²) in [5.41, 5.74) is 2.51. The molecule has 9 heteroatoms. The van der Waals surface area contributed by atoms with Crippen LogP contribution in [-0.4, -0.2) is 89.8 Å². The molecule has 0 bridgehead atoms. The van der Waals surface area contributed by atoms with E-state index in [4.69, 9.17) is 9.47 Å². The molecule has 0 atom stereocenters. The van der Waals surface area contributed by atoms with E-state index in [1.165, 1.54) is 0 Å². The van der Waals surface area contributed by atoms with Crippen LogP contribution < -0.4 is 10.3 Å². The average molecular weight is 539 g/mol. The first-order valence-corrected chi connectivity index (χ1v) is 13.8. The van der Waals surface area contributed by atoms with Crippen molar-refractivity contribution >= 4 is 12.0 Å². The second kappa shape index (κ2) is 11.8. The largest absolute Gasteiger partial charge is 0.496 e. The number of methoxy groups -OCH3 is 1. The van der Waals surface area contributed by atoms with Crippen LogP contribution in [0.4, 0.5) is 4.79 Å². The Labute approximate surface area is 231 Å². The first-order chi connectivity index (χ1) is 18.4. The van der Waals surface area contributed by atoms with Gasteiger partial charge in [0, 0.05) is 64.6 Å². The van der Waals surface area contributed by atoms with Gasteiger partial charge in [-0.3, -0.25) is 14.5 Å². The molecule has 2 saturated heterocycles. The number of piperazine rings is 1. The zero-order chi connectivity index (χ0) is 28.3. The molecule has 1 aromatic carbocycles. The Kier molecular flexibility index (Phi) is 8.69. The standard InChI is InChI=1S/C30H42N4O5/c1-21-17-24(20-31(5)27(21)35)23-7-8-25(26(18-23)38-6)28(36)33-15-13-32(14-16-33)19-22-9-11-34(12-10-22)29(37)39-30(2,3)4/h7-8,17-18,20,22H,9-16,19H2,1-6H3. The van der Waals surface area contributed by atoms with E-state index in [9.17, 15) is 14.4 Å². The summed E-state index contributed by atoms with van der Waals surface area (Å²) in [5, 5.41) is 0. The van der Waals surface area contributed by atoms with Gasteiger partial charge in [-0.25, -0.2) is 4.79 Å². The molecule has 0 radical (unpaired) electrons. The van der Waals surface area contributed by atoms with Crippen molar-refractivity contribution in [3.63, 3.8) is 0 Å². The molecule has 4 rings (SSSR count). The molecule has 0 saturated carbocycles. The highest BCUT2D eigenvalue weighted by Gasteiger charge is 2.30. The fourth-order valence-corrected chi connectivity index (χ4v) is 5.38. The maximum absolute atomic E-state index is 13.4. The van der Waals surface area contributed by atoms with Crippen molar-refractivity contribution in [2.75, 3.05) is 52.9 Å². The van der Waals surface area contributed by atoms with Gasteiger partial charge in [0.25, 0.3) is 11.5 Å². The maximum atomic E-state index is 13.4. The number of carbonyl (C=O) groups excluding carboxylic acids is 2. The van der Waals surface area contributed by atoms with E-state index < -0.39 is 5.60 Å². The Hall–Kier alpha value is -3.33. The molecule has 0 unspecified atom stereocenters. The number of benzene rings is 1. The number of piperidine rings is 1. The van der Waals surface area contributed by atoms with E-state index in [1.54, 1.807) is 31.8 Å². The highest BCUT2D eigenvalue weighted by Crippen LogP contribution is 2.29. The second-order valence-electron chi connectivity index (χ2n) is 11.7. The van der Waals surface area contributed by atoms with Crippen molar-refractivity contribution in [2.24, 2.45) is 13.0 Å². The first kappa shape index (κ1) is 28.7. The molecule has 39 heavy (non-hydrogen) atoms. The lowest BCUT2D eigenvalue weighted by molar-refractivity contribution is 0.0161. The average Bonchev–Trinajstić information content (AvgIpc) is 2.90. The van der Waals surface area contributed by atoms with Crippen molar-refractivity contribution in [3.8, 4) is 16.9 Å². The lowest BCUT2D eigenvalue weighted by Gasteiger charge is -2.39. The molecule has 0 spiro atoms. The van der Waals surface area contributed by atoms with Crippen LogP contribution in [0.2, 0.25) is 0 Å². The molecule has 3 heterocycles. The molecule has 2 aliphatic heterocycles. The predicted molar refractivity (Wildman–Crippen MR) is 151 cm³/mol. The summed E-state index contributed by atoms with van der Waals surface area (Å²) in [6.45, 7) is 12.9. The number of likely N-dealkylation sites (tertiary alicyclic amines) is 1. The Balaban J connectivity index is 1.31. The molecule has 0 aliphatic carbocycles. The summed E-state index contributed by atoms with van der Waals surface area (Å²) in [4.78, 5) is 44.0. The van der Waals surface area contributed by atoms with E-state index in [-0.39, 0.29) is 17.6 Å². The van der Waals surface area contributed by atoms with Gasteiger partial charge in [0.1, 0.15) is 11.4 Å². The quantitative estimate of drug-likeness (QED) is 0.576. The van der Waals surface area contributed by atoms with Gasteiger partial charge in [0.15, 0.2) is 0 Å². The van der Waals surface area contributed by atoms with E-state index in [2.05, 4.69) is 4.90 Å². The van der Waals surface area contributed by atoms with Crippen molar-refractivity contribution < 1.29 is 19.1 Å². The van der Waals surface area contributed by atoms with E-state index in [0.717, 1.165) is 56.7 Å². The third-order valence-corrected chi connectivity index (χ3v) is 7.57. The van der Waals surface area contributed by atoms with E-state index in [1.807, 2.05) is 54.8 Å². The predicted octanol–water partition coefficient (Wildman–Crippen LogP) is 3.77. The number of pyridine rings is 1. The highest BCUT2D eigenvalue weighted by molar-refractivity contribution is 5.97. The number of rotatable bonds is 5. The zero-order valence-electron chi connectivity index (χ0n) is 24.2. The van der Waals surface area contributed by atoms with Gasteiger partial charge in [-0.15, -0.1) is 0 Å². The molecular weight excluding hydrogens is 496 g/mol. The summed E-state index contributed by atoms with van der Waals surface area (Å²) in [7, 11) is 3.31. The summed E-state index contributed by atoms with van der Waals surface area (Å²) in [6.07, 6.45) is 3.52. The minimum atomic E-state index is -0.473. The van der Waals surface area contributed by atoms with Gasteiger partial charge in [-0.2, -0.15) is 0 Å². The zero-order valence-corrected chi connectivity index (χ0v) is 24.2. The molecule has 9 nitrogen and oxygen atoms in total. The Morgan fingerprint density at radius 3 is 2.21 bits per heavy atom. The van der Waals surface area contributed by atoms with Gasteiger partial charge in [0.05, 0.1) is 12.7 Å². The first-order valence-electron chi connectivity index (χ1n) is 13.8. The van der Waals surface area contributed by atoms with Crippen molar-refractivity contribution in [2.45, 2.75) is 46.1 Å². The van der Waals surface area contributed by atoms with Crippen LogP contribution in [0.15, 0.2) is 35.3 Å². The Bertz CT molecular complexity index is 1220. The Morgan fingerprint density at radius 2 is 1.62 bits per heavy atom. The lowest BCUT2D eigenvalue weighted by atomic mass is 9.96. The number of amides is 2. The fraction of sp³-hybridized carbons (Fsp3) is 0.567. The molecule has 1 aromatic heterocycles. The van der Waals surface area contributed by atoms with Gasteiger partial charge in [-0.05, 0) is 75.8 Å². The number of aryl methyl sites for hydroxylation is 2. The van der Waals surface area contributed by atoms with Gasteiger partial charge >= 0.3 is 6.09 Å². The lowest BCUT2D eigenvalue weighted by Crippen LogP contribution is -2.51. The molecular formula is C30H42N4O5. The number of nitrogens with zero attached hydrogens (tertiary/aromatic N) is 4. The summed E-state index contributed by atoms with van der Waals surface area (Å²) in [5.74, 6) is 1.04. The molecule has 2 aliphatic rings. The third kappa shape index (κ3) is 7.01. The van der Waals surface area contributed by atoms with Crippen LogP contribution in [0.1, 0.15) is 49.5 Å². The smallest absolute Gasteiger partial charge is 0.410 e. The highest BCUT2D eigenvalue weighted by atomic mass is 16.6. The SMILES string of the molecule is COc1cc(-c2cc(C)c(=O)n(C)c2)ccc1C(=O)N1CCN(CC2CCN(C(=O)OC(C)(C)C)CC2)CC1. The van der Waals surface area contributed by atoms with Crippen molar-refractivity contribution in [3.05, 3.63) is 51.9 Å². The van der Waals surface area contributed by atoms with Gasteiger partial charge in [0.2, 0.25) is 0 Å². The van der Waals surface area contributed by atoms with Crippen LogP contribution >= 0.6 is 0 Å². The van der Waals surface area contributed by atoms with Gasteiger partial charge in [-0.1, -0.05) is 6.07 Å². The van der Waals surface area contributed by atoms with Crippen LogP contribution in [0.25, 0.3) is 11.1 Å². The van der Waals surface area contributed by atoms with Crippen molar-refractivity contribution in [1.29, 1.82) is 0 Å². The topological polar surface area (TPSA) is 84.3 Å². The minimum absolute atomic E-state index is 0.0251. The summed E-state index contributed by atoms with van der Waals surface area (Å²) >= 11 is 0. The number of hydrogen-bond acceptors (Lipinski definition) is 6. The minimum Gasteiger partial charge on any atom is -0.496 e. The maximum Gasteiger partial charge on any atom is 0.410 e. The molecule has 212 valence electrons. The summed E-state index contributed by atoms with van der Waals surface area (Å²) < 4.78 is 12.7. The number of aromatic nitrogens is 1. The normalized spacial score (nSPS) is 17.3. The number of carbonyl (C=O) groups is 2.